The minimum Gasteiger partial charge on any atom is -0.394 e. The second-order valence-corrected chi connectivity index (χ2v) is 5.37. The molecule has 0 spiro atoms. The molecule has 9 atom stereocenters. The molecule has 130 valence electrons. The van der Waals surface area contributed by atoms with Gasteiger partial charge in [0, 0.05) is 0 Å². The van der Waals surface area contributed by atoms with Gasteiger partial charge in [-0.2, -0.15) is 0 Å². The highest BCUT2D eigenvalue weighted by molar-refractivity contribution is 4.94. The van der Waals surface area contributed by atoms with E-state index < -0.39 is 74.9 Å². The van der Waals surface area contributed by atoms with Crippen LogP contribution in [0.15, 0.2) is 0 Å². The molecule has 7 N–H and O–H groups in total. The largest absolute Gasteiger partial charge is 0.394 e. The van der Waals surface area contributed by atoms with Crippen molar-refractivity contribution in [3.63, 3.8) is 0 Å². The predicted octanol–water partition coefficient (Wildman–Crippen LogP) is -4.72. The number of aliphatic hydroxyl groups excluding tert-OH is 7. The first-order valence-electron chi connectivity index (χ1n) is 6.95. The van der Waals surface area contributed by atoms with Gasteiger partial charge in [0.15, 0.2) is 6.29 Å². The molecule has 2 saturated heterocycles. The van der Waals surface area contributed by atoms with Crippen LogP contribution in [0.25, 0.3) is 0 Å². The smallest absolute Gasteiger partial charge is 0.187 e. The SMILES string of the molecule is OC[C@H]1O[C@H](O[C@H]2[C@H](O)[C@@H](CO)O[C@@H]2CO)[C@H](O)[C@@H](O)[C@H]1O. The van der Waals surface area contributed by atoms with Crippen LogP contribution in [0.1, 0.15) is 0 Å². The van der Waals surface area contributed by atoms with E-state index in [1.54, 1.807) is 0 Å². The van der Waals surface area contributed by atoms with Crippen LogP contribution >= 0.6 is 0 Å². The fourth-order valence-corrected chi connectivity index (χ4v) is 2.61. The number of hydrogen-bond donors (Lipinski definition) is 7. The summed E-state index contributed by atoms with van der Waals surface area (Å²) in [7, 11) is 0. The molecule has 0 saturated carbocycles. The fraction of sp³-hybridized carbons (Fsp3) is 1.00. The summed E-state index contributed by atoms with van der Waals surface area (Å²) >= 11 is 0. The van der Waals surface area contributed by atoms with Crippen molar-refractivity contribution in [3.05, 3.63) is 0 Å². The first-order chi connectivity index (χ1) is 10.4. The van der Waals surface area contributed by atoms with Gasteiger partial charge >= 0.3 is 0 Å². The first-order valence-corrected chi connectivity index (χ1v) is 6.95. The number of hydrogen-bond acceptors (Lipinski definition) is 10. The Labute approximate surface area is 126 Å². The second-order valence-electron chi connectivity index (χ2n) is 5.37. The van der Waals surface area contributed by atoms with Crippen molar-refractivity contribution < 1.29 is 50.0 Å². The standard InChI is InChI=1S/C12H22O10/c13-1-4-7(16)9(18)10(19)12(21-4)22-11-6(3-15)20-5(2-14)8(11)17/h4-19H,1-3H2/t4-,5-,6-,7+,8-,9+,10-,11-,12-/m1/s1. The molecule has 0 bridgehead atoms. The summed E-state index contributed by atoms with van der Waals surface area (Å²) in [5, 5.41) is 66.6. The maximum absolute atomic E-state index is 9.99. The normalized spacial score (nSPS) is 49.5. The van der Waals surface area contributed by atoms with Gasteiger partial charge in [-0.15, -0.1) is 0 Å². The van der Waals surface area contributed by atoms with Crippen molar-refractivity contribution in [3.8, 4) is 0 Å². The molecule has 2 heterocycles. The van der Waals surface area contributed by atoms with Gasteiger partial charge in [0.2, 0.25) is 0 Å². The van der Waals surface area contributed by atoms with Gasteiger partial charge in [-0.05, 0) is 0 Å². The van der Waals surface area contributed by atoms with Gasteiger partial charge in [-0.3, -0.25) is 0 Å². The van der Waals surface area contributed by atoms with Crippen molar-refractivity contribution in [1.29, 1.82) is 0 Å². The van der Waals surface area contributed by atoms with Crippen molar-refractivity contribution in [2.75, 3.05) is 19.8 Å². The van der Waals surface area contributed by atoms with E-state index in [1.165, 1.54) is 0 Å². The minimum absolute atomic E-state index is 0.494. The third-order valence-corrected chi connectivity index (χ3v) is 3.93. The maximum atomic E-state index is 9.99. The number of aliphatic hydroxyl groups is 7. The van der Waals surface area contributed by atoms with Gasteiger partial charge < -0.3 is 50.0 Å². The van der Waals surface area contributed by atoms with Crippen LogP contribution in [-0.4, -0.2) is 111 Å². The lowest BCUT2D eigenvalue weighted by Gasteiger charge is -2.41. The van der Waals surface area contributed by atoms with Gasteiger partial charge in [0.05, 0.1) is 19.8 Å². The Bertz CT molecular complexity index is 351. The molecular weight excluding hydrogens is 304 g/mol. The highest BCUT2D eigenvalue weighted by atomic mass is 16.7. The summed E-state index contributed by atoms with van der Waals surface area (Å²) in [6, 6.07) is 0. The Balaban J connectivity index is 2.07. The molecule has 22 heavy (non-hydrogen) atoms. The second kappa shape index (κ2) is 7.45. The molecule has 2 rings (SSSR count). The maximum Gasteiger partial charge on any atom is 0.187 e. The molecule has 0 aromatic carbocycles. The molecule has 0 aromatic rings. The molecule has 0 aromatic heterocycles. The summed E-state index contributed by atoms with van der Waals surface area (Å²) in [6.45, 7) is -1.61. The lowest BCUT2D eigenvalue weighted by Crippen LogP contribution is -2.60. The summed E-state index contributed by atoms with van der Waals surface area (Å²) < 4.78 is 15.7. The molecule has 0 unspecified atom stereocenters. The van der Waals surface area contributed by atoms with E-state index in [9.17, 15) is 25.5 Å². The lowest BCUT2D eigenvalue weighted by molar-refractivity contribution is -0.318. The average Bonchev–Trinajstić information content (AvgIpc) is 2.83. The van der Waals surface area contributed by atoms with Gasteiger partial charge in [0.1, 0.15) is 48.8 Å². The zero-order valence-electron chi connectivity index (χ0n) is 11.7. The number of ether oxygens (including phenoxy) is 3. The van der Waals surface area contributed by atoms with E-state index in [-0.39, 0.29) is 0 Å². The minimum atomic E-state index is -1.63. The third kappa shape index (κ3) is 3.26. The van der Waals surface area contributed by atoms with E-state index >= 15 is 0 Å². The number of rotatable bonds is 5. The van der Waals surface area contributed by atoms with Crippen molar-refractivity contribution in [1.82, 2.24) is 0 Å². The van der Waals surface area contributed by atoms with Crippen LogP contribution in [0.3, 0.4) is 0 Å². The summed E-state index contributed by atoms with van der Waals surface area (Å²) in [4.78, 5) is 0. The molecule has 10 nitrogen and oxygen atoms in total. The first kappa shape index (κ1) is 17.9. The highest BCUT2D eigenvalue weighted by Gasteiger charge is 2.50. The van der Waals surface area contributed by atoms with Crippen LogP contribution in [0.5, 0.6) is 0 Å². The predicted molar refractivity (Wildman–Crippen MR) is 67.5 cm³/mol. The summed E-state index contributed by atoms with van der Waals surface area (Å²) in [5.74, 6) is 0. The van der Waals surface area contributed by atoms with Crippen molar-refractivity contribution >= 4 is 0 Å². The van der Waals surface area contributed by atoms with Gasteiger partial charge in [-0.1, -0.05) is 0 Å². The fourth-order valence-electron chi connectivity index (χ4n) is 2.61. The van der Waals surface area contributed by atoms with E-state index in [0.717, 1.165) is 0 Å². The van der Waals surface area contributed by atoms with Crippen LogP contribution in [0.4, 0.5) is 0 Å². The lowest BCUT2D eigenvalue weighted by atomic mass is 9.99. The Hall–Kier alpha value is -0.400. The summed E-state index contributed by atoms with van der Waals surface area (Å²) in [6.07, 6.45) is -11.7. The summed E-state index contributed by atoms with van der Waals surface area (Å²) in [5.41, 5.74) is 0. The molecule has 0 amide bonds. The molecular formula is C12H22O10. The van der Waals surface area contributed by atoms with E-state index in [0.29, 0.717) is 0 Å². The molecule has 10 heteroatoms. The van der Waals surface area contributed by atoms with Crippen molar-refractivity contribution in [2.24, 2.45) is 0 Å². The topological polar surface area (TPSA) is 169 Å². The molecule has 0 radical (unpaired) electrons. The Morgan fingerprint density at radius 3 is 1.73 bits per heavy atom. The zero-order valence-corrected chi connectivity index (χ0v) is 11.7. The molecule has 2 aliphatic heterocycles. The highest BCUT2D eigenvalue weighted by Crippen LogP contribution is 2.29. The van der Waals surface area contributed by atoms with Crippen molar-refractivity contribution in [2.45, 2.75) is 55.1 Å². The Morgan fingerprint density at radius 2 is 1.18 bits per heavy atom. The third-order valence-electron chi connectivity index (χ3n) is 3.93. The van der Waals surface area contributed by atoms with E-state index in [2.05, 4.69) is 0 Å². The molecule has 0 aliphatic carbocycles. The van der Waals surface area contributed by atoms with E-state index in [1.807, 2.05) is 0 Å². The Morgan fingerprint density at radius 1 is 0.636 bits per heavy atom. The van der Waals surface area contributed by atoms with Crippen LogP contribution in [-0.2, 0) is 14.2 Å². The monoisotopic (exact) mass is 326 g/mol. The average molecular weight is 326 g/mol. The van der Waals surface area contributed by atoms with Crippen LogP contribution < -0.4 is 0 Å². The quantitative estimate of drug-likeness (QED) is 0.260. The Kier molecular flexibility index (Phi) is 6.07. The van der Waals surface area contributed by atoms with Gasteiger partial charge in [-0.25, -0.2) is 0 Å². The van der Waals surface area contributed by atoms with Gasteiger partial charge in [0.25, 0.3) is 0 Å². The molecule has 2 aliphatic rings. The van der Waals surface area contributed by atoms with Crippen LogP contribution in [0.2, 0.25) is 0 Å². The van der Waals surface area contributed by atoms with E-state index in [4.69, 9.17) is 24.4 Å². The van der Waals surface area contributed by atoms with Crippen LogP contribution in [0, 0.1) is 0 Å². The molecule has 2 fully saturated rings. The zero-order chi connectivity index (χ0) is 16.4.